The molecule has 1 fully saturated rings. The summed E-state index contributed by atoms with van der Waals surface area (Å²) in [5, 5.41) is 0. The van der Waals surface area contributed by atoms with E-state index in [1.54, 1.807) is 0 Å². The normalized spacial score (nSPS) is 25.1. The first-order valence-electron chi connectivity index (χ1n) is 7.32. The maximum Gasteiger partial charge on any atom is 0.185 e. The molecule has 3 nitrogen and oxygen atoms in total. The van der Waals surface area contributed by atoms with Gasteiger partial charge in [-0.1, -0.05) is 6.92 Å². The molecule has 0 aromatic rings. The highest BCUT2D eigenvalue weighted by Gasteiger charge is 2.25. The van der Waals surface area contributed by atoms with E-state index in [1.807, 2.05) is 36.7 Å². The Bertz CT molecular complexity index is 454. The van der Waals surface area contributed by atoms with Crippen molar-refractivity contribution < 1.29 is 14.6 Å². The minimum Gasteiger partial charge on any atom is -0.314 e. The lowest BCUT2D eigenvalue weighted by Crippen LogP contribution is -3.00. The fraction of sp³-hybridized carbons (Fsp3) is 0.471. The Hall–Kier alpha value is -1.45. The fourth-order valence-electron chi connectivity index (χ4n) is 2.15. The third-order valence-corrected chi connectivity index (χ3v) is 3.36. The van der Waals surface area contributed by atoms with Gasteiger partial charge in [0, 0.05) is 5.57 Å². The fourth-order valence-corrected chi connectivity index (χ4v) is 2.15. The second-order valence-electron chi connectivity index (χ2n) is 5.96. The number of Topliss-reactive ketones (excluding diaryl/α,β-unsaturated/α-hetero) is 1. The third-order valence-electron chi connectivity index (χ3n) is 3.36. The second-order valence-corrected chi connectivity index (χ2v) is 5.96. The van der Waals surface area contributed by atoms with E-state index in [4.69, 9.17) is 0 Å². The highest BCUT2D eigenvalue weighted by molar-refractivity contribution is 6.09. The number of hydrogen-bond acceptors (Lipinski definition) is 1. The van der Waals surface area contributed by atoms with Gasteiger partial charge in [-0.05, 0) is 48.6 Å². The Kier molecular flexibility index (Phi) is 6.62. The van der Waals surface area contributed by atoms with Crippen LogP contribution in [-0.4, -0.2) is 34.0 Å². The molecule has 0 spiro atoms. The molecule has 1 rings (SSSR count). The molecule has 0 bridgehead atoms. The smallest absolute Gasteiger partial charge is 0.185 e. The van der Waals surface area contributed by atoms with E-state index in [-0.39, 0.29) is 5.78 Å². The molecule has 0 radical (unpaired) electrons. The maximum absolute atomic E-state index is 12.5. The summed E-state index contributed by atoms with van der Waals surface area (Å²) in [6.07, 6.45) is 13.9. The monoisotopic (exact) mass is 276 g/mol. The topological polar surface area (TPSA) is 26.0 Å². The number of allylic oxidation sites excluding steroid dienone is 6. The molecule has 0 aromatic heterocycles. The van der Waals surface area contributed by atoms with Crippen molar-refractivity contribution in [2.75, 3.05) is 28.2 Å². The number of carbonyl (C=O) groups is 1. The van der Waals surface area contributed by atoms with Gasteiger partial charge in [-0.15, -0.1) is 0 Å². The summed E-state index contributed by atoms with van der Waals surface area (Å²) >= 11 is 0. The standard InChI is InChI=1S/C17H26N2O/c1-14-10-11-15(8-6-12-18(2)3)17(20)16(14)9-7-13-19(4)5/h6-9,12-14H,10-11H2,1-5H3/p+2/b12-6+,13-7+,15-8+,16-9?/t14-/m1/s1. The van der Waals surface area contributed by atoms with Crippen molar-refractivity contribution in [3.05, 3.63) is 47.9 Å². The molecule has 110 valence electrons. The zero-order chi connectivity index (χ0) is 15.1. The average Bonchev–Trinajstić information content (AvgIpc) is 2.35. The molecule has 0 heterocycles. The van der Waals surface area contributed by atoms with Gasteiger partial charge in [0.15, 0.2) is 5.78 Å². The van der Waals surface area contributed by atoms with E-state index in [2.05, 4.69) is 35.1 Å². The molecule has 0 amide bonds. The minimum absolute atomic E-state index is 0.209. The van der Waals surface area contributed by atoms with Crippen molar-refractivity contribution in [3.63, 3.8) is 0 Å². The van der Waals surface area contributed by atoms with Crippen LogP contribution in [0.25, 0.3) is 0 Å². The lowest BCUT2D eigenvalue weighted by atomic mass is 9.81. The zero-order valence-corrected chi connectivity index (χ0v) is 13.4. The molecule has 1 aliphatic rings. The second kappa shape index (κ2) is 7.98. The average molecular weight is 276 g/mol. The third kappa shape index (κ3) is 5.27. The van der Waals surface area contributed by atoms with Crippen LogP contribution < -0.4 is 9.80 Å². The van der Waals surface area contributed by atoms with Crippen LogP contribution in [0.1, 0.15) is 19.8 Å². The summed E-state index contributed by atoms with van der Waals surface area (Å²) in [6.45, 7) is 2.14. The van der Waals surface area contributed by atoms with Crippen molar-refractivity contribution in [2.45, 2.75) is 19.8 Å². The number of nitrogens with one attached hydrogen (secondary N) is 2. The summed E-state index contributed by atoms with van der Waals surface area (Å²) in [5.74, 6) is 0.561. The number of quaternary nitrogens is 2. The molecular weight excluding hydrogens is 248 g/mol. The van der Waals surface area contributed by atoms with E-state index in [1.165, 1.54) is 9.80 Å². The predicted octanol–water partition coefficient (Wildman–Crippen LogP) is 0.155. The molecule has 0 unspecified atom stereocenters. The summed E-state index contributed by atoms with van der Waals surface area (Å²) in [5.41, 5.74) is 1.86. The summed E-state index contributed by atoms with van der Waals surface area (Å²) in [6, 6.07) is 0. The van der Waals surface area contributed by atoms with Crippen molar-refractivity contribution in [2.24, 2.45) is 5.92 Å². The van der Waals surface area contributed by atoms with Crippen LogP contribution in [0.3, 0.4) is 0 Å². The Balaban J connectivity index is 2.87. The van der Waals surface area contributed by atoms with Gasteiger partial charge in [0.25, 0.3) is 0 Å². The molecule has 20 heavy (non-hydrogen) atoms. The van der Waals surface area contributed by atoms with Gasteiger partial charge < -0.3 is 9.80 Å². The highest BCUT2D eigenvalue weighted by atomic mass is 16.1. The quantitative estimate of drug-likeness (QED) is 0.703. The number of carbonyl (C=O) groups excluding carboxylic acids is 1. The lowest BCUT2D eigenvalue weighted by Gasteiger charge is -2.22. The van der Waals surface area contributed by atoms with Crippen LogP contribution in [0.5, 0.6) is 0 Å². The molecule has 2 N–H and O–H groups in total. The Morgan fingerprint density at radius 3 is 2.10 bits per heavy atom. The van der Waals surface area contributed by atoms with Gasteiger partial charge in [-0.2, -0.15) is 0 Å². The molecular formula is C17H28N2O+2. The lowest BCUT2D eigenvalue weighted by molar-refractivity contribution is -0.801. The molecule has 0 aromatic carbocycles. The van der Waals surface area contributed by atoms with E-state index >= 15 is 0 Å². The van der Waals surface area contributed by atoms with Crippen molar-refractivity contribution in [1.29, 1.82) is 0 Å². The Labute approximate surface area is 122 Å². The van der Waals surface area contributed by atoms with Crippen LogP contribution >= 0.6 is 0 Å². The number of ketones is 1. The first-order valence-corrected chi connectivity index (χ1v) is 7.32. The maximum atomic E-state index is 12.5. The Morgan fingerprint density at radius 2 is 1.55 bits per heavy atom. The van der Waals surface area contributed by atoms with E-state index < -0.39 is 0 Å². The predicted molar refractivity (Wildman–Crippen MR) is 83.5 cm³/mol. The van der Waals surface area contributed by atoms with Crippen molar-refractivity contribution in [3.8, 4) is 0 Å². The van der Waals surface area contributed by atoms with Crippen LogP contribution in [0.4, 0.5) is 0 Å². The molecule has 1 atom stereocenters. The van der Waals surface area contributed by atoms with E-state index in [9.17, 15) is 4.79 Å². The van der Waals surface area contributed by atoms with Gasteiger partial charge in [-0.3, -0.25) is 4.79 Å². The van der Waals surface area contributed by atoms with Crippen LogP contribution in [-0.2, 0) is 4.79 Å². The van der Waals surface area contributed by atoms with Gasteiger partial charge in [-0.25, -0.2) is 0 Å². The summed E-state index contributed by atoms with van der Waals surface area (Å²) in [7, 11) is 8.22. The van der Waals surface area contributed by atoms with Gasteiger partial charge in [0.2, 0.25) is 0 Å². The summed E-state index contributed by atoms with van der Waals surface area (Å²) < 4.78 is 0. The number of rotatable bonds is 4. The summed E-state index contributed by atoms with van der Waals surface area (Å²) in [4.78, 5) is 15.0. The van der Waals surface area contributed by atoms with Crippen molar-refractivity contribution in [1.82, 2.24) is 0 Å². The van der Waals surface area contributed by atoms with Gasteiger partial charge >= 0.3 is 0 Å². The van der Waals surface area contributed by atoms with Gasteiger partial charge in [0.1, 0.15) is 0 Å². The van der Waals surface area contributed by atoms with E-state index in [0.29, 0.717) is 5.92 Å². The molecule has 3 heteroatoms. The number of hydrogen-bond donors (Lipinski definition) is 2. The molecule has 0 saturated heterocycles. The van der Waals surface area contributed by atoms with Crippen LogP contribution in [0, 0.1) is 5.92 Å². The largest absolute Gasteiger partial charge is 0.314 e. The Morgan fingerprint density at radius 1 is 1.00 bits per heavy atom. The van der Waals surface area contributed by atoms with E-state index in [0.717, 1.165) is 24.0 Å². The first kappa shape index (κ1) is 16.6. The molecule has 1 saturated carbocycles. The minimum atomic E-state index is 0.209. The highest BCUT2D eigenvalue weighted by Crippen LogP contribution is 2.29. The van der Waals surface area contributed by atoms with Crippen LogP contribution in [0.2, 0.25) is 0 Å². The van der Waals surface area contributed by atoms with Crippen molar-refractivity contribution >= 4 is 5.78 Å². The van der Waals surface area contributed by atoms with Gasteiger partial charge in [0.05, 0.1) is 40.6 Å². The molecule has 0 aliphatic heterocycles. The molecule has 1 aliphatic carbocycles. The first-order chi connectivity index (χ1) is 9.41. The SMILES string of the molecule is C[C@@H]1CC/C(=C\C=C\[NH+](C)C)C(=O)C1=C/C=C/[NH+](C)C. The zero-order valence-electron chi connectivity index (χ0n) is 13.4. The van der Waals surface area contributed by atoms with Crippen LogP contribution in [0.15, 0.2) is 47.9 Å².